The van der Waals surface area contributed by atoms with Gasteiger partial charge in [-0.15, -0.1) is 0 Å². The zero-order valence-corrected chi connectivity index (χ0v) is 11.2. The summed E-state index contributed by atoms with van der Waals surface area (Å²) < 4.78 is 5.28. The topological polar surface area (TPSA) is 46.6 Å². The molecule has 2 bridgehead atoms. The Balaban J connectivity index is 1.87. The van der Waals surface area contributed by atoms with Crippen molar-refractivity contribution < 1.29 is 14.3 Å². The second-order valence-electron chi connectivity index (χ2n) is 6.48. The van der Waals surface area contributed by atoms with E-state index in [1.54, 1.807) is 0 Å². The molecule has 100 valence electrons. The third-order valence-electron chi connectivity index (χ3n) is 5.26. The number of carbonyl (C=O) groups is 2. The van der Waals surface area contributed by atoms with Crippen molar-refractivity contribution in [1.29, 1.82) is 0 Å². The van der Waals surface area contributed by atoms with Gasteiger partial charge in [0.15, 0.2) is 5.78 Å². The number of ether oxygens (including phenoxy) is 1. The van der Waals surface area contributed by atoms with Crippen LogP contribution in [0.1, 0.15) is 33.1 Å². The predicted molar refractivity (Wildman–Crippen MR) is 66.0 cm³/mol. The molecule has 4 heteroatoms. The van der Waals surface area contributed by atoms with E-state index >= 15 is 0 Å². The average molecular weight is 251 g/mol. The Morgan fingerprint density at radius 2 is 2.00 bits per heavy atom. The summed E-state index contributed by atoms with van der Waals surface area (Å²) in [6, 6.07) is 0. The standard InChI is InChI=1S/C14H21NO3/c1-13(2)10-3-4-14(9-10,11(13)16)12(17)15-5-7-18-8-6-15/h10H,3-9H2,1-2H3. The van der Waals surface area contributed by atoms with Gasteiger partial charge in [0.1, 0.15) is 5.41 Å². The summed E-state index contributed by atoms with van der Waals surface area (Å²) in [7, 11) is 0. The second-order valence-corrected chi connectivity index (χ2v) is 6.48. The fraction of sp³-hybridized carbons (Fsp3) is 0.857. The van der Waals surface area contributed by atoms with Crippen LogP contribution in [0.5, 0.6) is 0 Å². The van der Waals surface area contributed by atoms with Crippen LogP contribution in [0.3, 0.4) is 0 Å². The number of amides is 1. The highest BCUT2D eigenvalue weighted by Crippen LogP contribution is 2.60. The maximum Gasteiger partial charge on any atom is 0.236 e. The van der Waals surface area contributed by atoms with Crippen LogP contribution in [0.25, 0.3) is 0 Å². The average Bonchev–Trinajstić information content (AvgIpc) is 2.90. The molecule has 3 rings (SSSR count). The smallest absolute Gasteiger partial charge is 0.236 e. The molecular formula is C14H21NO3. The lowest BCUT2D eigenvalue weighted by Crippen LogP contribution is -2.52. The third-order valence-corrected chi connectivity index (χ3v) is 5.26. The molecule has 0 N–H and O–H groups in total. The molecule has 2 unspecified atom stereocenters. The van der Waals surface area contributed by atoms with Crippen molar-refractivity contribution in [3.63, 3.8) is 0 Å². The summed E-state index contributed by atoms with van der Waals surface area (Å²) in [5, 5.41) is 0. The molecule has 3 aliphatic rings. The summed E-state index contributed by atoms with van der Waals surface area (Å²) >= 11 is 0. The number of hydrogen-bond donors (Lipinski definition) is 0. The summed E-state index contributed by atoms with van der Waals surface area (Å²) in [6.07, 6.45) is 2.56. The normalized spacial score (nSPS) is 38.2. The molecule has 1 heterocycles. The molecular weight excluding hydrogens is 230 g/mol. The van der Waals surface area contributed by atoms with Crippen LogP contribution in [0.4, 0.5) is 0 Å². The maximum absolute atomic E-state index is 12.7. The Morgan fingerprint density at radius 3 is 2.56 bits per heavy atom. The lowest BCUT2D eigenvalue weighted by atomic mass is 9.70. The molecule has 0 radical (unpaired) electrons. The Morgan fingerprint density at radius 1 is 1.33 bits per heavy atom. The molecule has 1 saturated heterocycles. The number of hydrogen-bond acceptors (Lipinski definition) is 3. The first-order chi connectivity index (χ1) is 8.48. The van der Waals surface area contributed by atoms with E-state index in [2.05, 4.69) is 0 Å². The van der Waals surface area contributed by atoms with E-state index in [1.807, 2.05) is 18.7 Å². The van der Waals surface area contributed by atoms with Gasteiger partial charge in [0.25, 0.3) is 0 Å². The first-order valence-corrected chi connectivity index (χ1v) is 6.90. The van der Waals surface area contributed by atoms with E-state index in [0.717, 1.165) is 19.3 Å². The van der Waals surface area contributed by atoms with Crippen molar-refractivity contribution in [3.8, 4) is 0 Å². The fourth-order valence-corrected chi connectivity index (χ4v) is 4.03. The fourth-order valence-electron chi connectivity index (χ4n) is 4.03. The van der Waals surface area contributed by atoms with E-state index in [-0.39, 0.29) is 17.1 Å². The Labute approximate surface area is 108 Å². The zero-order valence-electron chi connectivity index (χ0n) is 11.2. The second kappa shape index (κ2) is 3.80. The minimum Gasteiger partial charge on any atom is -0.378 e. The van der Waals surface area contributed by atoms with Crippen molar-refractivity contribution in [3.05, 3.63) is 0 Å². The number of morpholine rings is 1. The highest BCUT2D eigenvalue weighted by molar-refractivity contribution is 6.10. The molecule has 2 saturated carbocycles. The van der Waals surface area contributed by atoms with Crippen LogP contribution in [0.15, 0.2) is 0 Å². The van der Waals surface area contributed by atoms with Crippen molar-refractivity contribution in [2.24, 2.45) is 16.7 Å². The SMILES string of the molecule is CC1(C)C(=O)C2(C(=O)N3CCOCC3)CCC1C2. The van der Waals surface area contributed by atoms with Gasteiger partial charge >= 0.3 is 0 Å². The van der Waals surface area contributed by atoms with Crippen molar-refractivity contribution in [2.45, 2.75) is 33.1 Å². The van der Waals surface area contributed by atoms with E-state index in [1.165, 1.54) is 0 Å². The summed E-state index contributed by atoms with van der Waals surface area (Å²) in [5.74, 6) is 0.654. The van der Waals surface area contributed by atoms with Crippen LogP contribution in [-0.4, -0.2) is 42.9 Å². The Bertz CT molecular complexity index is 398. The van der Waals surface area contributed by atoms with Crippen molar-refractivity contribution in [2.75, 3.05) is 26.3 Å². The van der Waals surface area contributed by atoms with E-state index in [0.29, 0.717) is 32.2 Å². The number of carbonyl (C=O) groups excluding carboxylic acids is 2. The van der Waals surface area contributed by atoms with Gasteiger partial charge in [-0.25, -0.2) is 0 Å². The van der Waals surface area contributed by atoms with Gasteiger partial charge in [0.05, 0.1) is 13.2 Å². The van der Waals surface area contributed by atoms with Crippen LogP contribution in [-0.2, 0) is 14.3 Å². The van der Waals surface area contributed by atoms with Gasteiger partial charge in [-0.3, -0.25) is 9.59 Å². The molecule has 1 amide bonds. The molecule has 18 heavy (non-hydrogen) atoms. The first-order valence-electron chi connectivity index (χ1n) is 6.90. The predicted octanol–water partition coefficient (Wildman–Crippen LogP) is 1.24. The summed E-state index contributed by atoms with van der Waals surface area (Å²) in [5.41, 5.74) is -0.994. The molecule has 0 spiro atoms. The summed E-state index contributed by atoms with van der Waals surface area (Å²) in [4.78, 5) is 27.2. The lowest BCUT2D eigenvalue weighted by Gasteiger charge is -2.37. The largest absolute Gasteiger partial charge is 0.378 e. The molecule has 1 aliphatic heterocycles. The molecule has 2 aliphatic carbocycles. The maximum atomic E-state index is 12.7. The van der Waals surface area contributed by atoms with Crippen LogP contribution < -0.4 is 0 Å². The number of nitrogens with zero attached hydrogens (tertiary/aromatic N) is 1. The number of rotatable bonds is 1. The van der Waals surface area contributed by atoms with Crippen LogP contribution in [0, 0.1) is 16.7 Å². The lowest BCUT2D eigenvalue weighted by molar-refractivity contribution is -0.154. The molecule has 0 aromatic heterocycles. The minimum atomic E-state index is -0.689. The highest BCUT2D eigenvalue weighted by Gasteiger charge is 2.65. The Hall–Kier alpha value is -0.900. The van der Waals surface area contributed by atoms with Crippen molar-refractivity contribution in [1.82, 2.24) is 4.90 Å². The van der Waals surface area contributed by atoms with Gasteiger partial charge in [0, 0.05) is 18.5 Å². The monoisotopic (exact) mass is 251 g/mol. The highest BCUT2D eigenvalue weighted by atomic mass is 16.5. The molecule has 0 aromatic carbocycles. The summed E-state index contributed by atoms with van der Waals surface area (Å²) in [6.45, 7) is 6.49. The molecule has 4 nitrogen and oxygen atoms in total. The third kappa shape index (κ3) is 1.41. The number of fused-ring (bicyclic) bond motifs is 2. The van der Waals surface area contributed by atoms with Gasteiger partial charge in [-0.1, -0.05) is 13.8 Å². The van der Waals surface area contributed by atoms with E-state index in [9.17, 15) is 9.59 Å². The molecule has 3 fully saturated rings. The number of Topliss-reactive ketones (excluding diaryl/α,β-unsaturated/α-hetero) is 1. The zero-order chi connectivity index (χ0) is 13.0. The molecule has 0 aromatic rings. The van der Waals surface area contributed by atoms with Crippen LogP contribution in [0.2, 0.25) is 0 Å². The van der Waals surface area contributed by atoms with Crippen molar-refractivity contribution >= 4 is 11.7 Å². The van der Waals surface area contributed by atoms with Gasteiger partial charge < -0.3 is 9.64 Å². The first kappa shape index (κ1) is 12.2. The van der Waals surface area contributed by atoms with Gasteiger partial charge in [0.2, 0.25) is 5.91 Å². The Kier molecular flexibility index (Phi) is 2.56. The number of ketones is 1. The van der Waals surface area contributed by atoms with Crippen LogP contribution >= 0.6 is 0 Å². The van der Waals surface area contributed by atoms with E-state index < -0.39 is 5.41 Å². The van der Waals surface area contributed by atoms with E-state index in [4.69, 9.17) is 4.74 Å². The van der Waals surface area contributed by atoms with Gasteiger partial charge in [-0.05, 0) is 25.2 Å². The minimum absolute atomic E-state index is 0.0730. The van der Waals surface area contributed by atoms with Gasteiger partial charge in [-0.2, -0.15) is 0 Å². The quantitative estimate of drug-likeness (QED) is 0.659. The molecule has 2 atom stereocenters.